The Morgan fingerprint density at radius 1 is 1.05 bits per heavy atom. The van der Waals surface area contributed by atoms with Gasteiger partial charge < -0.3 is 23.8 Å². The number of halogens is 4. The topological polar surface area (TPSA) is 126 Å². The van der Waals surface area contributed by atoms with Crippen LogP contribution in [0.4, 0.5) is 17.1 Å². The number of ether oxygens (including phenoxy) is 1. The lowest BCUT2D eigenvalue weighted by Gasteiger charge is -2.32. The molecule has 0 atom stereocenters. The second-order valence-electron chi connectivity index (χ2n) is 9.15. The minimum absolute atomic E-state index is 0.0171. The molecule has 1 aliphatic rings. The number of hydrogen-bond acceptors (Lipinski definition) is 7. The summed E-state index contributed by atoms with van der Waals surface area (Å²) in [4.78, 5) is 17.0. The lowest BCUT2D eigenvalue weighted by molar-refractivity contribution is -0.274. The molecule has 6 rings (SSSR count). The Balaban J connectivity index is 1.70. The molecule has 0 aliphatic carbocycles. The smallest absolute Gasteiger partial charge is 0.405 e. The molecule has 0 amide bonds. The van der Waals surface area contributed by atoms with Gasteiger partial charge in [0.05, 0.1) is 34.0 Å². The minimum Gasteiger partial charge on any atom is -0.405 e. The summed E-state index contributed by atoms with van der Waals surface area (Å²) in [5.41, 5.74) is 0.886. The number of nitriles is 1. The Bertz CT molecular complexity index is 2060. The summed E-state index contributed by atoms with van der Waals surface area (Å²) in [6, 6.07) is 13.7. The van der Waals surface area contributed by atoms with Crippen molar-refractivity contribution in [1.82, 2.24) is 14.9 Å². The Morgan fingerprint density at radius 3 is 2.48 bits per heavy atom. The molecule has 3 heterocycles. The molecule has 0 radical (unpaired) electrons. The van der Waals surface area contributed by atoms with Gasteiger partial charge in [-0.25, -0.2) is 0 Å². The van der Waals surface area contributed by atoms with Gasteiger partial charge in [-0.15, -0.1) is 13.2 Å². The van der Waals surface area contributed by atoms with Crippen LogP contribution in [0.15, 0.2) is 59.4 Å². The van der Waals surface area contributed by atoms with Gasteiger partial charge >= 0.3 is 16.9 Å². The molecule has 0 spiro atoms. The van der Waals surface area contributed by atoms with E-state index in [-0.39, 0.29) is 33.5 Å². The monoisotopic (exact) mass is 572 g/mol. The maximum absolute atomic E-state index is 13.8. The molecule has 0 saturated carbocycles. The lowest BCUT2D eigenvalue weighted by atomic mass is 9.99. The zero-order valence-electron chi connectivity index (χ0n) is 20.0. The van der Waals surface area contributed by atoms with E-state index in [4.69, 9.17) is 0 Å². The van der Waals surface area contributed by atoms with E-state index in [2.05, 4.69) is 19.2 Å². The van der Waals surface area contributed by atoms with Crippen molar-refractivity contribution in [1.29, 1.82) is 5.26 Å². The molecule has 1 fully saturated rings. The largest absolute Gasteiger partial charge is 0.573 e. The Labute approximate surface area is 222 Å². The van der Waals surface area contributed by atoms with E-state index in [0.29, 0.717) is 35.2 Å². The summed E-state index contributed by atoms with van der Waals surface area (Å²) in [7, 11) is -5.40. The summed E-state index contributed by atoms with van der Waals surface area (Å²) in [5, 5.41) is 13.1. The van der Waals surface area contributed by atoms with Gasteiger partial charge in [-0.05, 0) is 42.0 Å². The highest BCUT2D eigenvalue weighted by Gasteiger charge is 2.34. The molecule has 5 aromatic rings. The number of hydrogen-bond donors (Lipinski definition) is 2. The second-order valence-corrected chi connectivity index (χ2v) is 10.1. The normalized spacial score (nSPS) is 14.4. The Hall–Kier alpha value is -4.61. The first-order valence-corrected chi connectivity index (χ1v) is 13.0. The van der Waals surface area contributed by atoms with Crippen LogP contribution in [0.3, 0.4) is 0 Å². The third-order valence-electron chi connectivity index (χ3n) is 6.67. The zero-order valence-corrected chi connectivity index (χ0v) is 20.9. The molecular formula is C26H16F4N4O5S. The molecule has 0 unspecified atom stereocenters. The van der Waals surface area contributed by atoms with Crippen molar-refractivity contribution < 1.29 is 34.4 Å². The molecule has 3 aromatic carbocycles. The predicted octanol–water partition coefficient (Wildman–Crippen LogP) is 4.81. The van der Waals surface area contributed by atoms with Gasteiger partial charge in [-0.1, -0.05) is 22.1 Å². The highest BCUT2D eigenvalue weighted by atomic mass is 32.3. The van der Waals surface area contributed by atoms with Crippen molar-refractivity contribution in [3.05, 3.63) is 70.4 Å². The van der Waals surface area contributed by atoms with Gasteiger partial charge in [-0.2, -0.15) is 13.7 Å². The van der Waals surface area contributed by atoms with Crippen molar-refractivity contribution >= 4 is 43.3 Å². The number of fused-ring (bicyclic) bond motifs is 4. The van der Waals surface area contributed by atoms with Crippen molar-refractivity contribution in [3.8, 4) is 28.7 Å². The summed E-state index contributed by atoms with van der Waals surface area (Å²) in [5.74, 6) is -1.19. The number of nitrogens with zero attached hydrogens (tertiary/aromatic N) is 2. The van der Waals surface area contributed by atoms with E-state index in [0.717, 1.165) is 18.2 Å². The Morgan fingerprint density at radius 2 is 1.82 bits per heavy atom. The molecule has 1 saturated heterocycles. The Kier molecular flexibility index (Phi) is 5.75. The van der Waals surface area contributed by atoms with E-state index in [1.165, 1.54) is 18.2 Å². The highest BCUT2D eigenvalue weighted by Crippen LogP contribution is 2.40. The summed E-state index contributed by atoms with van der Waals surface area (Å²) in [6.45, 7) is 1.03. The second kappa shape index (κ2) is 8.97. The first kappa shape index (κ1) is 25.7. The van der Waals surface area contributed by atoms with Crippen LogP contribution < -0.4 is 19.7 Å². The molecule has 0 bridgehead atoms. The predicted molar refractivity (Wildman–Crippen MR) is 137 cm³/mol. The van der Waals surface area contributed by atoms with Crippen molar-refractivity contribution in [2.45, 2.75) is 12.4 Å². The van der Waals surface area contributed by atoms with Crippen LogP contribution in [0.5, 0.6) is 11.5 Å². The van der Waals surface area contributed by atoms with Gasteiger partial charge in [0, 0.05) is 29.6 Å². The number of aromatic amines is 1. The SMILES string of the molecule is N#Cc1ccc2c(c1)[nH]c1c2c(=O)c2cc(OC(F)(F)F)c(-c3cccc(OS(=O)(=O)F)c3)cc2n1C1CNC1. The zero-order chi connectivity index (χ0) is 28.4. The van der Waals surface area contributed by atoms with Crippen LogP contribution in [-0.4, -0.2) is 37.4 Å². The average molecular weight is 572 g/mol. The number of rotatable bonds is 5. The summed E-state index contributed by atoms with van der Waals surface area (Å²) < 4.78 is 86.0. The number of aromatic nitrogens is 2. The molecule has 2 N–H and O–H groups in total. The van der Waals surface area contributed by atoms with Crippen LogP contribution >= 0.6 is 0 Å². The number of nitrogens with one attached hydrogen (secondary N) is 2. The van der Waals surface area contributed by atoms with Gasteiger partial charge in [-0.3, -0.25) is 4.79 Å². The van der Waals surface area contributed by atoms with Crippen LogP contribution in [0, 0.1) is 11.3 Å². The van der Waals surface area contributed by atoms with Crippen LogP contribution in [0.2, 0.25) is 0 Å². The third-order valence-corrected chi connectivity index (χ3v) is 7.06. The first-order chi connectivity index (χ1) is 18.9. The summed E-state index contributed by atoms with van der Waals surface area (Å²) >= 11 is 0. The number of benzene rings is 3. The fourth-order valence-corrected chi connectivity index (χ4v) is 5.30. The fourth-order valence-electron chi connectivity index (χ4n) is 4.97. The number of alkyl halides is 3. The molecule has 40 heavy (non-hydrogen) atoms. The van der Waals surface area contributed by atoms with E-state index >= 15 is 0 Å². The van der Waals surface area contributed by atoms with Crippen LogP contribution in [0.1, 0.15) is 11.6 Å². The van der Waals surface area contributed by atoms with Crippen molar-refractivity contribution in [2.24, 2.45) is 0 Å². The maximum atomic E-state index is 13.8. The van der Waals surface area contributed by atoms with Crippen molar-refractivity contribution in [3.63, 3.8) is 0 Å². The molecule has 204 valence electrons. The highest BCUT2D eigenvalue weighted by molar-refractivity contribution is 7.81. The number of pyridine rings is 1. The number of H-pyrrole nitrogens is 1. The van der Waals surface area contributed by atoms with Gasteiger partial charge in [0.1, 0.15) is 17.1 Å². The molecule has 1 aliphatic heterocycles. The fraction of sp³-hybridized carbons (Fsp3) is 0.154. The lowest BCUT2D eigenvalue weighted by Crippen LogP contribution is -2.44. The molecule has 2 aromatic heterocycles. The van der Waals surface area contributed by atoms with E-state index < -0.39 is 33.8 Å². The van der Waals surface area contributed by atoms with E-state index in [1.54, 1.807) is 18.2 Å². The minimum atomic E-state index is -5.40. The van der Waals surface area contributed by atoms with E-state index in [9.17, 15) is 35.5 Å². The van der Waals surface area contributed by atoms with Gasteiger partial charge in [0.15, 0.2) is 5.43 Å². The quantitative estimate of drug-likeness (QED) is 0.229. The van der Waals surface area contributed by atoms with Crippen molar-refractivity contribution in [2.75, 3.05) is 13.1 Å². The first-order valence-electron chi connectivity index (χ1n) is 11.7. The van der Waals surface area contributed by atoms with E-state index in [1.807, 2.05) is 10.6 Å². The van der Waals surface area contributed by atoms with Crippen LogP contribution in [0.25, 0.3) is 44.0 Å². The van der Waals surface area contributed by atoms with Gasteiger partial charge in [0.2, 0.25) is 0 Å². The maximum Gasteiger partial charge on any atom is 0.573 e. The van der Waals surface area contributed by atoms with Gasteiger partial charge in [0.25, 0.3) is 0 Å². The third kappa shape index (κ3) is 4.48. The average Bonchev–Trinajstić information content (AvgIpc) is 3.22. The standard InChI is InChI=1S/C26H16F4N4O5S/c27-26(28,29)38-22-9-19-21(8-18(22)14-2-1-3-16(7-14)39-40(30,36)37)34(15-11-32-12-15)25-23(24(19)35)17-5-4-13(10-31)6-20(17)33-25/h1-9,15,32-33H,11-12H2. The molecule has 9 nitrogen and oxygen atoms in total. The summed E-state index contributed by atoms with van der Waals surface area (Å²) in [6.07, 6.45) is -5.13. The molecular weight excluding hydrogens is 556 g/mol. The molecule has 14 heteroatoms. The van der Waals surface area contributed by atoms with Crippen LogP contribution in [-0.2, 0) is 10.5 Å².